The third-order valence-electron chi connectivity index (χ3n) is 10.7. The predicted molar refractivity (Wildman–Crippen MR) is 233 cm³/mol. The molecule has 0 unspecified atom stereocenters. The number of fused-ring (bicyclic) bond motifs is 6. The summed E-state index contributed by atoms with van der Waals surface area (Å²) < 4.78 is 9.10. The molecule has 0 fully saturated rings. The first-order valence-corrected chi connectivity index (χ1v) is 19.3. The van der Waals surface area contributed by atoms with Crippen molar-refractivity contribution in [3.8, 4) is 33.7 Å². The van der Waals surface area contributed by atoms with Crippen molar-refractivity contribution in [1.29, 1.82) is 0 Å². The van der Waals surface area contributed by atoms with Crippen LogP contribution in [0.15, 0.2) is 199 Å². The summed E-state index contributed by atoms with van der Waals surface area (Å²) in [5.74, 6) is 0.625. The van der Waals surface area contributed by atoms with Gasteiger partial charge in [0.25, 0.3) is 0 Å². The highest BCUT2D eigenvalue weighted by atomic mass is 32.1. The Morgan fingerprint density at radius 3 is 1.82 bits per heavy atom. The highest BCUT2D eigenvalue weighted by Crippen LogP contribution is 2.42. The van der Waals surface area contributed by atoms with E-state index in [-0.39, 0.29) is 0 Å². The molecule has 0 saturated carbocycles. The number of benzene rings is 9. The number of oxazole rings is 1. The van der Waals surface area contributed by atoms with E-state index in [0.717, 1.165) is 50.2 Å². The third kappa shape index (κ3) is 5.46. The van der Waals surface area contributed by atoms with Crippen molar-refractivity contribution in [1.82, 2.24) is 4.98 Å². The van der Waals surface area contributed by atoms with Gasteiger partial charge in [-0.2, -0.15) is 0 Å². The molecule has 3 nitrogen and oxygen atoms in total. The van der Waals surface area contributed by atoms with Crippen molar-refractivity contribution >= 4 is 81.2 Å². The summed E-state index contributed by atoms with van der Waals surface area (Å²) in [6.07, 6.45) is 0. The van der Waals surface area contributed by atoms with E-state index in [1.807, 2.05) is 17.4 Å². The number of hydrogen-bond donors (Lipinski definition) is 0. The van der Waals surface area contributed by atoms with Gasteiger partial charge in [-0.15, -0.1) is 11.3 Å². The van der Waals surface area contributed by atoms with Gasteiger partial charge in [0.2, 0.25) is 5.89 Å². The van der Waals surface area contributed by atoms with Gasteiger partial charge in [0.1, 0.15) is 5.52 Å². The largest absolute Gasteiger partial charge is 0.435 e. The maximum atomic E-state index is 6.52. The lowest BCUT2D eigenvalue weighted by atomic mass is 9.98. The van der Waals surface area contributed by atoms with E-state index in [4.69, 9.17) is 9.40 Å². The van der Waals surface area contributed by atoms with Crippen LogP contribution in [0.2, 0.25) is 0 Å². The van der Waals surface area contributed by atoms with E-state index in [1.54, 1.807) is 0 Å². The predicted octanol–water partition coefficient (Wildman–Crippen LogP) is 15.0. The van der Waals surface area contributed by atoms with Gasteiger partial charge in [-0.05, 0) is 98.9 Å². The Morgan fingerprint density at radius 1 is 0.400 bits per heavy atom. The van der Waals surface area contributed by atoms with Crippen molar-refractivity contribution in [2.45, 2.75) is 0 Å². The Balaban J connectivity index is 0.996. The summed E-state index contributed by atoms with van der Waals surface area (Å²) in [7, 11) is 0. The van der Waals surface area contributed by atoms with Crippen molar-refractivity contribution in [2.24, 2.45) is 0 Å². The zero-order valence-electron chi connectivity index (χ0n) is 29.7. The summed E-state index contributed by atoms with van der Waals surface area (Å²) in [5.41, 5.74) is 10.4. The molecular formula is C51H32N2OS. The summed E-state index contributed by atoms with van der Waals surface area (Å²) >= 11 is 1.84. The van der Waals surface area contributed by atoms with E-state index in [2.05, 4.69) is 193 Å². The second-order valence-electron chi connectivity index (χ2n) is 14.0. The molecule has 4 heteroatoms. The van der Waals surface area contributed by atoms with Gasteiger partial charge in [-0.3, -0.25) is 0 Å². The second kappa shape index (κ2) is 12.8. The van der Waals surface area contributed by atoms with Crippen LogP contribution in [0, 0.1) is 0 Å². The molecule has 0 radical (unpaired) electrons. The fraction of sp³-hybridized carbons (Fsp3) is 0. The van der Waals surface area contributed by atoms with Gasteiger partial charge < -0.3 is 9.32 Å². The number of anilines is 3. The smallest absolute Gasteiger partial charge is 0.227 e. The molecule has 0 spiro atoms. The SMILES string of the molecule is c1ccc2cc(-c3nc4cccc(-c5ccc(N(c6ccc(-c7cccc8ccccc78)cc6)c6ccc7c(c6)sc6ccccc67)cc5)c4o3)ccc2c1. The fourth-order valence-corrected chi connectivity index (χ4v) is 9.12. The van der Waals surface area contributed by atoms with Crippen LogP contribution in [0.4, 0.5) is 17.1 Å². The monoisotopic (exact) mass is 720 g/mol. The number of thiophene rings is 1. The molecule has 0 saturated heterocycles. The molecule has 0 bridgehead atoms. The molecule has 0 atom stereocenters. The molecule has 0 aliphatic rings. The van der Waals surface area contributed by atoms with Crippen molar-refractivity contribution in [3.05, 3.63) is 194 Å². The van der Waals surface area contributed by atoms with Crippen LogP contribution in [0.3, 0.4) is 0 Å². The summed E-state index contributed by atoms with van der Waals surface area (Å²) in [4.78, 5) is 7.27. The summed E-state index contributed by atoms with van der Waals surface area (Å²) in [5, 5.41) is 7.45. The van der Waals surface area contributed by atoms with Crippen LogP contribution in [0.25, 0.3) is 86.5 Å². The molecule has 0 amide bonds. The summed E-state index contributed by atoms with van der Waals surface area (Å²) in [6, 6.07) is 69.3. The Bertz CT molecular complexity index is 3210. The van der Waals surface area contributed by atoms with Crippen LogP contribution in [0.1, 0.15) is 0 Å². The van der Waals surface area contributed by atoms with Crippen molar-refractivity contribution in [2.75, 3.05) is 4.90 Å². The molecule has 11 rings (SSSR count). The van der Waals surface area contributed by atoms with Crippen molar-refractivity contribution < 1.29 is 4.42 Å². The second-order valence-corrected chi connectivity index (χ2v) is 15.1. The van der Waals surface area contributed by atoms with Gasteiger partial charge in [0.05, 0.1) is 0 Å². The molecular weight excluding hydrogens is 689 g/mol. The fourth-order valence-electron chi connectivity index (χ4n) is 7.98. The zero-order valence-corrected chi connectivity index (χ0v) is 30.5. The molecule has 0 aliphatic heterocycles. The molecule has 2 heterocycles. The highest BCUT2D eigenvalue weighted by molar-refractivity contribution is 7.25. The van der Waals surface area contributed by atoms with Crippen molar-refractivity contribution in [3.63, 3.8) is 0 Å². The number of nitrogens with zero attached hydrogens (tertiary/aromatic N) is 2. The quantitative estimate of drug-likeness (QED) is 0.171. The number of hydrogen-bond acceptors (Lipinski definition) is 4. The zero-order chi connectivity index (χ0) is 36.3. The Morgan fingerprint density at radius 2 is 1.00 bits per heavy atom. The first-order chi connectivity index (χ1) is 27.2. The van der Waals surface area contributed by atoms with Crippen LogP contribution >= 0.6 is 11.3 Å². The first kappa shape index (κ1) is 31.5. The normalized spacial score (nSPS) is 11.6. The minimum absolute atomic E-state index is 0.625. The lowest BCUT2D eigenvalue weighted by Crippen LogP contribution is -2.09. The molecule has 9 aromatic carbocycles. The highest BCUT2D eigenvalue weighted by Gasteiger charge is 2.18. The van der Waals surface area contributed by atoms with Crippen LogP contribution in [-0.4, -0.2) is 4.98 Å². The van der Waals surface area contributed by atoms with Gasteiger partial charge in [-0.1, -0.05) is 133 Å². The Labute approximate surface area is 322 Å². The molecule has 55 heavy (non-hydrogen) atoms. The lowest BCUT2D eigenvalue weighted by Gasteiger charge is -2.26. The Kier molecular flexibility index (Phi) is 7.35. The van der Waals surface area contributed by atoms with Gasteiger partial charge in [0.15, 0.2) is 5.58 Å². The first-order valence-electron chi connectivity index (χ1n) is 18.5. The van der Waals surface area contributed by atoms with Gasteiger partial charge >= 0.3 is 0 Å². The maximum absolute atomic E-state index is 6.52. The van der Waals surface area contributed by atoms with Gasteiger partial charge in [-0.25, -0.2) is 4.98 Å². The van der Waals surface area contributed by atoms with Gasteiger partial charge in [0, 0.05) is 48.4 Å². The van der Waals surface area contributed by atoms with Crippen LogP contribution in [-0.2, 0) is 0 Å². The summed E-state index contributed by atoms with van der Waals surface area (Å²) in [6.45, 7) is 0. The average molecular weight is 721 g/mol. The molecule has 258 valence electrons. The topological polar surface area (TPSA) is 29.3 Å². The molecule has 0 aliphatic carbocycles. The van der Waals surface area contributed by atoms with Crippen LogP contribution in [0.5, 0.6) is 0 Å². The average Bonchev–Trinajstić information content (AvgIpc) is 3.86. The third-order valence-corrected chi connectivity index (χ3v) is 11.8. The number of rotatable bonds is 6. The lowest BCUT2D eigenvalue weighted by molar-refractivity contribution is 0.621. The maximum Gasteiger partial charge on any atom is 0.227 e. The van der Waals surface area contributed by atoms with E-state index in [9.17, 15) is 0 Å². The van der Waals surface area contributed by atoms with E-state index in [0.29, 0.717) is 5.89 Å². The molecule has 2 aromatic heterocycles. The van der Waals surface area contributed by atoms with Crippen LogP contribution < -0.4 is 4.90 Å². The van der Waals surface area contributed by atoms with E-state index in [1.165, 1.54) is 47.5 Å². The standard InChI is InChI=1S/C51H32N2OS/c1-2-11-37-31-38(20-19-33(37)9-1)51-52-47-17-8-16-44(50(47)54-51)36-23-27-40(28-24-36)53(41-29-30-46-45-14-5-6-18-48(45)55-49(46)32-41)39-25-21-35(22-26-39)43-15-7-12-34-10-3-4-13-42(34)43/h1-32H. The van der Waals surface area contributed by atoms with E-state index < -0.39 is 0 Å². The minimum atomic E-state index is 0.625. The number of para-hydroxylation sites is 1. The minimum Gasteiger partial charge on any atom is -0.435 e. The molecule has 0 N–H and O–H groups in total. The van der Waals surface area contributed by atoms with E-state index >= 15 is 0 Å². The number of aromatic nitrogens is 1. The Hall–Kier alpha value is -7.01. The molecule has 11 aromatic rings.